The van der Waals surface area contributed by atoms with Gasteiger partial charge in [0.05, 0.1) is 0 Å². The zero-order valence-electron chi connectivity index (χ0n) is 17.0. The van der Waals surface area contributed by atoms with Crippen LogP contribution >= 0.6 is 0 Å². The van der Waals surface area contributed by atoms with Crippen LogP contribution in [0.1, 0.15) is 58.4 Å². The van der Waals surface area contributed by atoms with Crippen LogP contribution in [0.4, 0.5) is 0 Å². The number of carbonyl (C=O) groups is 3. The highest BCUT2D eigenvalue weighted by Crippen LogP contribution is 2.29. The lowest BCUT2D eigenvalue weighted by atomic mass is 10.0. The third-order valence-corrected chi connectivity index (χ3v) is 5.79. The minimum Gasteiger partial charge on any atom is -0.324 e. The van der Waals surface area contributed by atoms with Crippen LogP contribution in [0.15, 0.2) is 42.5 Å². The summed E-state index contributed by atoms with van der Waals surface area (Å²) in [7, 11) is 0. The molecule has 7 nitrogen and oxygen atoms in total. The molecule has 0 aliphatic carbocycles. The van der Waals surface area contributed by atoms with Gasteiger partial charge < -0.3 is 16.0 Å². The summed E-state index contributed by atoms with van der Waals surface area (Å²) in [5, 5.41) is 5.74. The third-order valence-electron chi connectivity index (χ3n) is 5.79. The topological polar surface area (TPSA) is 105 Å². The number of amides is 3. The zero-order valence-corrected chi connectivity index (χ0v) is 17.0. The zero-order chi connectivity index (χ0) is 21.3. The monoisotopic (exact) mass is 406 g/mol. The molecule has 0 spiro atoms. The van der Waals surface area contributed by atoms with Crippen molar-refractivity contribution >= 4 is 17.7 Å². The fourth-order valence-corrected chi connectivity index (χ4v) is 4.12. The lowest BCUT2D eigenvalue weighted by molar-refractivity contribution is -0.136. The molecule has 7 heteroatoms. The molecule has 0 radical (unpaired) electrons. The van der Waals surface area contributed by atoms with Crippen LogP contribution in [-0.4, -0.2) is 28.7 Å². The molecule has 2 heterocycles. The molecule has 3 amide bonds. The van der Waals surface area contributed by atoms with Crippen LogP contribution < -0.4 is 16.4 Å². The molecule has 0 bridgehead atoms. The Bertz CT molecular complexity index is 984. The normalized spacial score (nSPS) is 19.6. The Balaban J connectivity index is 1.43. The van der Waals surface area contributed by atoms with E-state index in [-0.39, 0.29) is 30.2 Å². The molecular formula is C23H26N4O3. The Morgan fingerprint density at radius 3 is 2.60 bits per heavy atom. The molecule has 2 aromatic rings. The summed E-state index contributed by atoms with van der Waals surface area (Å²) >= 11 is 0. The van der Waals surface area contributed by atoms with Gasteiger partial charge in [0, 0.05) is 37.7 Å². The number of hydrogen-bond donors (Lipinski definition) is 3. The van der Waals surface area contributed by atoms with Gasteiger partial charge in [0.25, 0.3) is 5.91 Å². The van der Waals surface area contributed by atoms with E-state index in [0.29, 0.717) is 31.6 Å². The maximum Gasteiger partial charge on any atom is 0.255 e. The van der Waals surface area contributed by atoms with Gasteiger partial charge >= 0.3 is 0 Å². The van der Waals surface area contributed by atoms with Gasteiger partial charge in [0.2, 0.25) is 11.8 Å². The van der Waals surface area contributed by atoms with Crippen LogP contribution in [0.25, 0.3) is 0 Å². The lowest BCUT2D eigenvalue weighted by Crippen LogP contribution is -2.52. The number of rotatable bonds is 6. The molecule has 156 valence electrons. The highest BCUT2D eigenvalue weighted by atomic mass is 16.2. The number of nitrogens with zero attached hydrogens (tertiary/aromatic N) is 1. The lowest BCUT2D eigenvalue weighted by Gasteiger charge is -2.29. The van der Waals surface area contributed by atoms with E-state index in [0.717, 1.165) is 22.3 Å². The van der Waals surface area contributed by atoms with Gasteiger partial charge in [-0.05, 0) is 35.6 Å². The number of nitrogens with one attached hydrogen (secondary N) is 2. The van der Waals surface area contributed by atoms with Crippen molar-refractivity contribution in [2.75, 3.05) is 0 Å². The van der Waals surface area contributed by atoms with Gasteiger partial charge in [-0.15, -0.1) is 0 Å². The van der Waals surface area contributed by atoms with Gasteiger partial charge in [-0.1, -0.05) is 42.5 Å². The van der Waals surface area contributed by atoms with E-state index in [1.807, 2.05) is 37.3 Å². The summed E-state index contributed by atoms with van der Waals surface area (Å²) in [5.74, 6) is -0.806. The van der Waals surface area contributed by atoms with Crippen LogP contribution in [-0.2, 0) is 29.2 Å². The van der Waals surface area contributed by atoms with Crippen molar-refractivity contribution in [2.24, 2.45) is 5.73 Å². The number of nitrogens with two attached hydrogens (primary N) is 1. The molecule has 4 rings (SSSR count). The average molecular weight is 406 g/mol. The average Bonchev–Trinajstić information content (AvgIpc) is 3.05. The Labute approximate surface area is 175 Å². The molecule has 0 saturated carbocycles. The highest BCUT2D eigenvalue weighted by molar-refractivity contribution is 6.05. The molecule has 2 atom stereocenters. The van der Waals surface area contributed by atoms with Crippen molar-refractivity contribution in [1.82, 2.24) is 15.5 Å². The Morgan fingerprint density at radius 1 is 1.13 bits per heavy atom. The molecule has 4 N–H and O–H groups in total. The largest absolute Gasteiger partial charge is 0.324 e. The SMILES string of the molecule is CC(N)c1ccc(CNCc2cccc3c2C(=O)N(C2CCC(=O)NC2=O)C3)cc1. The molecule has 0 aromatic heterocycles. The molecule has 1 saturated heterocycles. The number of imide groups is 1. The first-order valence-electron chi connectivity index (χ1n) is 10.2. The third kappa shape index (κ3) is 3.99. The Hall–Kier alpha value is -3.03. The van der Waals surface area contributed by atoms with Crippen molar-refractivity contribution in [1.29, 1.82) is 0 Å². The number of carbonyl (C=O) groups excluding carboxylic acids is 3. The van der Waals surface area contributed by atoms with Crippen molar-refractivity contribution < 1.29 is 14.4 Å². The number of hydrogen-bond acceptors (Lipinski definition) is 5. The molecule has 2 aromatic carbocycles. The Morgan fingerprint density at radius 2 is 1.90 bits per heavy atom. The predicted molar refractivity (Wildman–Crippen MR) is 112 cm³/mol. The second kappa shape index (κ2) is 8.38. The first kappa shape index (κ1) is 20.3. The summed E-state index contributed by atoms with van der Waals surface area (Å²) < 4.78 is 0. The van der Waals surface area contributed by atoms with E-state index in [9.17, 15) is 14.4 Å². The number of benzene rings is 2. The second-order valence-corrected chi connectivity index (χ2v) is 7.99. The Kier molecular flexibility index (Phi) is 5.65. The molecule has 30 heavy (non-hydrogen) atoms. The minimum absolute atomic E-state index is 0.0113. The van der Waals surface area contributed by atoms with E-state index in [1.165, 1.54) is 0 Å². The maximum atomic E-state index is 13.1. The van der Waals surface area contributed by atoms with Crippen LogP contribution in [0.2, 0.25) is 0 Å². The van der Waals surface area contributed by atoms with E-state index >= 15 is 0 Å². The molecular weight excluding hydrogens is 380 g/mol. The van der Waals surface area contributed by atoms with E-state index < -0.39 is 6.04 Å². The molecule has 2 aliphatic heterocycles. The van der Waals surface area contributed by atoms with E-state index in [2.05, 4.69) is 22.8 Å². The fourth-order valence-electron chi connectivity index (χ4n) is 4.12. The van der Waals surface area contributed by atoms with Gasteiger partial charge in [-0.3, -0.25) is 19.7 Å². The molecule has 2 unspecified atom stereocenters. The fraction of sp³-hybridized carbons (Fsp3) is 0.348. The van der Waals surface area contributed by atoms with Gasteiger partial charge in [-0.25, -0.2) is 0 Å². The van der Waals surface area contributed by atoms with E-state index in [4.69, 9.17) is 5.73 Å². The van der Waals surface area contributed by atoms with Crippen molar-refractivity contribution in [2.45, 2.75) is 51.5 Å². The number of fused-ring (bicyclic) bond motifs is 1. The second-order valence-electron chi connectivity index (χ2n) is 7.99. The summed E-state index contributed by atoms with van der Waals surface area (Å²) in [6, 6.07) is 13.4. The summed E-state index contributed by atoms with van der Waals surface area (Å²) in [6.07, 6.45) is 0.627. The van der Waals surface area contributed by atoms with Gasteiger partial charge in [0.15, 0.2) is 0 Å². The maximum absolute atomic E-state index is 13.1. The highest BCUT2D eigenvalue weighted by Gasteiger charge is 2.39. The summed E-state index contributed by atoms with van der Waals surface area (Å²) in [4.78, 5) is 38.3. The quantitative estimate of drug-likeness (QED) is 0.634. The summed E-state index contributed by atoms with van der Waals surface area (Å²) in [6.45, 7) is 3.58. The summed E-state index contributed by atoms with van der Waals surface area (Å²) in [5.41, 5.74) is 10.6. The smallest absolute Gasteiger partial charge is 0.255 e. The number of piperidine rings is 1. The van der Waals surface area contributed by atoms with E-state index in [1.54, 1.807) is 4.90 Å². The molecule has 2 aliphatic rings. The van der Waals surface area contributed by atoms with Crippen LogP contribution in [0.3, 0.4) is 0 Å². The first-order chi connectivity index (χ1) is 14.4. The van der Waals surface area contributed by atoms with Gasteiger partial charge in [0.1, 0.15) is 6.04 Å². The molecule has 1 fully saturated rings. The van der Waals surface area contributed by atoms with Crippen molar-refractivity contribution in [3.05, 3.63) is 70.3 Å². The van der Waals surface area contributed by atoms with Crippen LogP contribution in [0.5, 0.6) is 0 Å². The van der Waals surface area contributed by atoms with Gasteiger partial charge in [-0.2, -0.15) is 0 Å². The van der Waals surface area contributed by atoms with Crippen molar-refractivity contribution in [3.63, 3.8) is 0 Å². The first-order valence-corrected chi connectivity index (χ1v) is 10.2. The minimum atomic E-state index is -0.591. The van der Waals surface area contributed by atoms with Crippen LogP contribution in [0, 0.1) is 0 Å². The van der Waals surface area contributed by atoms with Crippen molar-refractivity contribution in [3.8, 4) is 0 Å². The standard InChI is InChI=1S/C23H26N4O3/c1-14(24)16-7-5-15(6-8-16)11-25-12-17-3-2-4-18-13-27(23(30)21(17)18)19-9-10-20(28)26-22(19)29/h2-8,14,19,25H,9-13,24H2,1H3,(H,26,28,29). The predicted octanol–water partition coefficient (Wildman–Crippen LogP) is 1.76.